The van der Waals surface area contributed by atoms with E-state index in [0.717, 1.165) is 42.5 Å². The number of hydrogen-bond donors (Lipinski definition) is 1. The van der Waals surface area contributed by atoms with Crippen molar-refractivity contribution >= 4 is 40.5 Å². The molecule has 33 heavy (non-hydrogen) atoms. The second kappa shape index (κ2) is 9.48. The maximum Gasteiger partial charge on any atom is 0.262 e. The zero-order chi connectivity index (χ0) is 22.9. The third-order valence-electron chi connectivity index (χ3n) is 6.78. The normalized spacial score (nSPS) is 26.3. The number of halogens is 1. The summed E-state index contributed by atoms with van der Waals surface area (Å²) in [6.07, 6.45) is 7.69. The fraction of sp³-hybridized carbons (Fsp3) is 0.522. The minimum Gasteiger partial charge on any atom is -0.366 e. The predicted octanol–water partition coefficient (Wildman–Crippen LogP) is 2.67. The van der Waals surface area contributed by atoms with Crippen molar-refractivity contribution in [3.8, 4) is 10.4 Å². The van der Waals surface area contributed by atoms with Gasteiger partial charge in [0.1, 0.15) is 24.8 Å². The predicted molar refractivity (Wildman–Crippen MR) is 123 cm³/mol. The molecule has 2 aliphatic heterocycles. The Kier molecular flexibility index (Phi) is 6.44. The smallest absolute Gasteiger partial charge is 0.262 e. The molecule has 3 aliphatic rings. The number of ether oxygens (including phenoxy) is 1. The van der Waals surface area contributed by atoms with E-state index in [0.29, 0.717) is 4.88 Å². The second-order valence-corrected chi connectivity index (χ2v) is 10.5. The Hall–Kier alpha value is -2.36. The Morgan fingerprint density at radius 1 is 1.18 bits per heavy atom. The van der Waals surface area contributed by atoms with Crippen molar-refractivity contribution < 1.29 is 19.1 Å². The van der Waals surface area contributed by atoms with Crippen molar-refractivity contribution in [1.29, 1.82) is 0 Å². The second-order valence-electron chi connectivity index (χ2n) is 8.84. The van der Waals surface area contributed by atoms with Crippen molar-refractivity contribution in [2.75, 3.05) is 13.2 Å². The molecular weight excluding hydrogens is 464 g/mol. The minimum absolute atomic E-state index is 0.0232. The van der Waals surface area contributed by atoms with Gasteiger partial charge in [-0.15, -0.1) is 22.9 Å². The molecule has 3 fully saturated rings. The van der Waals surface area contributed by atoms with Crippen molar-refractivity contribution in [3.63, 3.8) is 0 Å². The molecule has 2 aromatic rings. The Bertz CT molecular complexity index is 1040. The van der Waals surface area contributed by atoms with Gasteiger partial charge >= 0.3 is 0 Å². The van der Waals surface area contributed by atoms with Crippen LogP contribution in [0.4, 0.5) is 0 Å². The number of nitrogens with zero attached hydrogens (tertiary/aromatic N) is 3. The highest BCUT2D eigenvalue weighted by Gasteiger charge is 2.53. The number of thiophene rings is 1. The van der Waals surface area contributed by atoms with E-state index in [9.17, 15) is 14.4 Å². The number of fused-ring (bicyclic) bond motifs is 1. The zero-order valence-corrected chi connectivity index (χ0v) is 19.6. The molecule has 1 aliphatic carbocycles. The highest BCUT2D eigenvalue weighted by atomic mass is 35.5. The number of aromatic nitrogens is 2. The van der Waals surface area contributed by atoms with Gasteiger partial charge in [0.15, 0.2) is 5.78 Å². The SMILES string of the molecule is O=C(N[C@H](C(=O)N1C[C@H](Cl)[C@H]2OCC(=O)[C@H]21)C1CCCCC1)c1ccc(-c2ccnnc2)s1. The standard InChI is InChI=1S/C23H25ClN4O4S/c24-15-11-28(20-16(29)12-32-21(15)20)23(31)19(13-4-2-1-3-5-13)27-22(30)18-7-6-17(33-18)14-8-9-25-26-10-14/h6-10,13,15,19-21H,1-5,11-12H2,(H,27,30)/t15-,19-,20+,21+/m0/s1. The lowest BCUT2D eigenvalue weighted by atomic mass is 9.83. The number of carbonyl (C=O) groups is 3. The number of alkyl halides is 1. The van der Waals surface area contributed by atoms with Crippen LogP contribution in [0.25, 0.3) is 10.4 Å². The van der Waals surface area contributed by atoms with Crippen LogP contribution in [0.2, 0.25) is 0 Å². The fourth-order valence-electron chi connectivity index (χ4n) is 5.12. The van der Waals surface area contributed by atoms with Crippen molar-refractivity contribution in [2.45, 2.75) is 55.7 Å². The first-order valence-electron chi connectivity index (χ1n) is 11.3. The first-order chi connectivity index (χ1) is 16.0. The van der Waals surface area contributed by atoms with E-state index in [2.05, 4.69) is 15.5 Å². The molecule has 2 aromatic heterocycles. The van der Waals surface area contributed by atoms with Gasteiger partial charge < -0.3 is 15.0 Å². The summed E-state index contributed by atoms with van der Waals surface area (Å²) < 4.78 is 5.53. The summed E-state index contributed by atoms with van der Waals surface area (Å²) in [5.41, 5.74) is 0.880. The van der Waals surface area contributed by atoms with Crippen LogP contribution < -0.4 is 5.32 Å². The lowest BCUT2D eigenvalue weighted by Crippen LogP contribution is -2.55. The molecule has 0 bridgehead atoms. The van der Waals surface area contributed by atoms with E-state index in [4.69, 9.17) is 16.3 Å². The van der Waals surface area contributed by atoms with Gasteiger partial charge in [-0.25, -0.2) is 0 Å². The number of Topliss-reactive ketones (excluding diaryl/α,β-unsaturated/α-hetero) is 1. The largest absolute Gasteiger partial charge is 0.366 e. The maximum atomic E-state index is 13.7. The quantitative estimate of drug-likeness (QED) is 0.649. The molecule has 2 saturated heterocycles. The molecule has 5 rings (SSSR count). The molecule has 1 N–H and O–H groups in total. The summed E-state index contributed by atoms with van der Waals surface area (Å²) in [4.78, 5) is 42.3. The topological polar surface area (TPSA) is 101 Å². The van der Waals surface area contributed by atoms with Gasteiger partial charge in [-0.1, -0.05) is 19.3 Å². The number of carbonyl (C=O) groups excluding carboxylic acids is 3. The van der Waals surface area contributed by atoms with E-state index in [1.54, 1.807) is 23.4 Å². The van der Waals surface area contributed by atoms with Gasteiger partial charge in [-0.05, 0) is 37.0 Å². The number of likely N-dealkylation sites (tertiary alicyclic amines) is 1. The fourth-order valence-corrected chi connectivity index (χ4v) is 6.37. The first-order valence-corrected chi connectivity index (χ1v) is 12.5. The number of amides is 2. The van der Waals surface area contributed by atoms with E-state index in [1.807, 2.05) is 12.1 Å². The summed E-state index contributed by atoms with van der Waals surface area (Å²) >= 11 is 7.75. The molecule has 0 aromatic carbocycles. The van der Waals surface area contributed by atoms with Crippen LogP contribution >= 0.6 is 22.9 Å². The van der Waals surface area contributed by atoms with E-state index in [1.165, 1.54) is 11.3 Å². The molecule has 0 spiro atoms. The van der Waals surface area contributed by atoms with Crippen LogP contribution in [0.15, 0.2) is 30.6 Å². The third-order valence-corrected chi connectivity index (χ3v) is 8.30. The number of hydrogen-bond acceptors (Lipinski definition) is 7. The molecule has 1 saturated carbocycles. The van der Waals surface area contributed by atoms with E-state index >= 15 is 0 Å². The summed E-state index contributed by atoms with van der Waals surface area (Å²) in [6.45, 7) is 0.226. The highest BCUT2D eigenvalue weighted by molar-refractivity contribution is 7.17. The maximum absolute atomic E-state index is 13.7. The Labute approximate surface area is 200 Å². The monoisotopic (exact) mass is 488 g/mol. The van der Waals surface area contributed by atoms with Crippen LogP contribution in [0.5, 0.6) is 0 Å². The molecular formula is C23H25ClN4O4S. The summed E-state index contributed by atoms with van der Waals surface area (Å²) in [5, 5.41) is 10.3. The summed E-state index contributed by atoms with van der Waals surface area (Å²) in [6, 6.07) is 4.11. The van der Waals surface area contributed by atoms with Crippen LogP contribution in [-0.4, -0.2) is 69.4 Å². The molecule has 174 valence electrons. The number of ketones is 1. The molecule has 8 nitrogen and oxygen atoms in total. The average molecular weight is 489 g/mol. The third kappa shape index (κ3) is 4.41. The summed E-state index contributed by atoms with van der Waals surface area (Å²) in [5.74, 6) is -0.616. The van der Waals surface area contributed by atoms with Crippen molar-refractivity contribution in [1.82, 2.24) is 20.4 Å². The molecule has 0 unspecified atom stereocenters. The molecule has 4 heterocycles. The lowest BCUT2D eigenvalue weighted by molar-refractivity contribution is -0.139. The highest BCUT2D eigenvalue weighted by Crippen LogP contribution is 2.34. The van der Waals surface area contributed by atoms with Crippen LogP contribution in [0, 0.1) is 5.92 Å². The summed E-state index contributed by atoms with van der Waals surface area (Å²) in [7, 11) is 0. The first kappa shape index (κ1) is 22.4. The van der Waals surface area contributed by atoms with Crippen LogP contribution in [-0.2, 0) is 14.3 Å². The van der Waals surface area contributed by atoms with E-state index < -0.39 is 23.6 Å². The molecule has 2 amide bonds. The molecule has 4 atom stereocenters. The van der Waals surface area contributed by atoms with Crippen LogP contribution in [0.3, 0.4) is 0 Å². The molecule has 0 radical (unpaired) electrons. The van der Waals surface area contributed by atoms with E-state index in [-0.39, 0.29) is 36.7 Å². The Morgan fingerprint density at radius 2 is 2.00 bits per heavy atom. The Morgan fingerprint density at radius 3 is 2.76 bits per heavy atom. The number of nitrogens with one attached hydrogen (secondary N) is 1. The lowest BCUT2D eigenvalue weighted by Gasteiger charge is -2.34. The van der Waals surface area contributed by atoms with Crippen LogP contribution in [0.1, 0.15) is 41.8 Å². The van der Waals surface area contributed by atoms with Gasteiger partial charge in [0.25, 0.3) is 5.91 Å². The van der Waals surface area contributed by atoms with Gasteiger partial charge in [0.2, 0.25) is 5.91 Å². The zero-order valence-electron chi connectivity index (χ0n) is 18.0. The van der Waals surface area contributed by atoms with Gasteiger partial charge in [-0.3, -0.25) is 14.4 Å². The van der Waals surface area contributed by atoms with Gasteiger partial charge in [0.05, 0.1) is 22.6 Å². The van der Waals surface area contributed by atoms with Crippen molar-refractivity contribution in [2.24, 2.45) is 5.92 Å². The van der Waals surface area contributed by atoms with Gasteiger partial charge in [0, 0.05) is 17.0 Å². The minimum atomic E-state index is -0.693. The van der Waals surface area contributed by atoms with Crippen molar-refractivity contribution in [3.05, 3.63) is 35.5 Å². The molecule has 10 heteroatoms. The number of rotatable bonds is 5. The average Bonchev–Trinajstić information content (AvgIpc) is 3.56. The Balaban J connectivity index is 1.37. The van der Waals surface area contributed by atoms with Gasteiger partial charge in [-0.2, -0.15) is 10.2 Å².